The zero-order chi connectivity index (χ0) is 10.1. The van der Waals surface area contributed by atoms with Crippen LogP contribution in [-0.2, 0) is 6.42 Å². The van der Waals surface area contributed by atoms with E-state index in [9.17, 15) is 4.79 Å². The first-order valence-electron chi connectivity index (χ1n) is 4.53. The third-order valence-corrected chi connectivity index (χ3v) is 3.62. The molecule has 0 radical (unpaired) electrons. The molecule has 0 aliphatic heterocycles. The van der Waals surface area contributed by atoms with Gasteiger partial charge >= 0.3 is 0 Å². The molecule has 2 nitrogen and oxygen atoms in total. The number of hydrogen-bond acceptors (Lipinski definition) is 3. The van der Waals surface area contributed by atoms with Gasteiger partial charge in [0.15, 0.2) is 6.29 Å². The summed E-state index contributed by atoms with van der Waals surface area (Å²) in [5, 5.41) is 0.921. The van der Waals surface area contributed by atoms with Crippen LogP contribution in [0.25, 0.3) is 10.1 Å². The Bertz CT molecular complexity index is 487. The van der Waals surface area contributed by atoms with Crippen molar-refractivity contribution >= 4 is 33.4 Å². The number of nitrogens with two attached hydrogens (primary N) is 1. The van der Waals surface area contributed by atoms with Gasteiger partial charge in [-0.15, -0.1) is 11.3 Å². The van der Waals surface area contributed by atoms with E-state index in [1.165, 1.54) is 0 Å². The lowest BCUT2D eigenvalue weighted by molar-refractivity contribution is 0.112. The summed E-state index contributed by atoms with van der Waals surface area (Å²) in [5.74, 6) is 0. The lowest BCUT2D eigenvalue weighted by Crippen LogP contribution is -1.89. The summed E-state index contributed by atoms with van der Waals surface area (Å²) in [5.41, 5.74) is 7.44. The molecule has 72 valence electrons. The highest BCUT2D eigenvalue weighted by atomic mass is 32.1. The van der Waals surface area contributed by atoms with Gasteiger partial charge in [0, 0.05) is 20.5 Å². The Morgan fingerprint density at radius 2 is 2.29 bits per heavy atom. The van der Waals surface area contributed by atoms with Crippen LogP contribution in [0.5, 0.6) is 0 Å². The first-order chi connectivity index (χ1) is 6.77. The van der Waals surface area contributed by atoms with E-state index >= 15 is 0 Å². The van der Waals surface area contributed by atoms with Crippen molar-refractivity contribution in [2.45, 2.75) is 13.3 Å². The number of fused-ring (bicyclic) bond motifs is 1. The Morgan fingerprint density at radius 1 is 1.50 bits per heavy atom. The number of aryl methyl sites for hydroxylation is 1. The largest absolute Gasteiger partial charge is 0.397 e. The Labute approximate surface area is 86.3 Å². The van der Waals surface area contributed by atoms with Crippen LogP contribution >= 0.6 is 11.3 Å². The third kappa shape index (κ3) is 1.21. The quantitative estimate of drug-likeness (QED) is 0.766. The second kappa shape index (κ2) is 3.42. The maximum absolute atomic E-state index is 10.8. The average Bonchev–Trinajstić information content (AvgIpc) is 2.55. The fourth-order valence-electron chi connectivity index (χ4n) is 1.61. The van der Waals surface area contributed by atoms with Gasteiger partial charge < -0.3 is 5.73 Å². The van der Waals surface area contributed by atoms with Crippen molar-refractivity contribution in [2.75, 3.05) is 5.73 Å². The van der Waals surface area contributed by atoms with Crippen LogP contribution in [0.15, 0.2) is 18.2 Å². The fourth-order valence-corrected chi connectivity index (χ4v) is 2.71. The van der Waals surface area contributed by atoms with Crippen molar-refractivity contribution in [2.24, 2.45) is 0 Å². The number of thiophene rings is 1. The minimum absolute atomic E-state index is 0.691. The molecule has 1 aromatic carbocycles. The van der Waals surface area contributed by atoms with Crippen LogP contribution in [0.1, 0.15) is 22.2 Å². The Hall–Kier alpha value is -1.35. The molecule has 0 aliphatic carbocycles. The minimum atomic E-state index is 0.691. The molecular weight excluding hydrogens is 194 g/mol. The Kier molecular flexibility index (Phi) is 2.25. The summed E-state index contributed by atoms with van der Waals surface area (Å²) < 4.78 is 1.10. The van der Waals surface area contributed by atoms with Gasteiger partial charge in [-0.25, -0.2) is 0 Å². The standard InChI is InChI=1S/C11H11NOS/c1-2-8-11(12)10-7(6-13)4-3-5-9(10)14-8/h3-6H,2,12H2,1H3. The summed E-state index contributed by atoms with van der Waals surface area (Å²) in [6.45, 7) is 2.07. The van der Waals surface area contributed by atoms with Crippen molar-refractivity contribution in [3.63, 3.8) is 0 Å². The molecule has 2 N–H and O–H groups in total. The van der Waals surface area contributed by atoms with Crippen molar-refractivity contribution < 1.29 is 4.79 Å². The molecule has 0 spiro atoms. The number of anilines is 1. The Balaban J connectivity index is 2.85. The van der Waals surface area contributed by atoms with Gasteiger partial charge in [-0.05, 0) is 12.5 Å². The number of benzene rings is 1. The monoisotopic (exact) mass is 205 g/mol. The molecule has 0 atom stereocenters. The van der Waals surface area contributed by atoms with Gasteiger partial charge in [-0.2, -0.15) is 0 Å². The van der Waals surface area contributed by atoms with Crippen LogP contribution in [0.2, 0.25) is 0 Å². The third-order valence-electron chi connectivity index (χ3n) is 2.31. The maximum atomic E-state index is 10.8. The van der Waals surface area contributed by atoms with Gasteiger partial charge in [-0.1, -0.05) is 19.1 Å². The minimum Gasteiger partial charge on any atom is -0.397 e. The van der Waals surface area contributed by atoms with E-state index in [0.29, 0.717) is 5.56 Å². The molecule has 0 saturated carbocycles. The van der Waals surface area contributed by atoms with Crippen LogP contribution in [0, 0.1) is 0 Å². The number of hydrogen-bond donors (Lipinski definition) is 1. The highest BCUT2D eigenvalue weighted by molar-refractivity contribution is 7.19. The number of nitrogen functional groups attached to an aromatic ring is 1. The summed E-state index contributed by atoms with van der Waals surface area (Å²) in [4.78, 5) is 12.0. The van der Waals surface area contributed by atoms with E-state index in [-0.39, 0.29) is 0 Å². The first kappa shape index (κ1) is 9.21. The second-order valence-corrected chi connectivity index (χ2v) is 4.27. The molecule has 2 aromatic rings. The van der Waals surface area contributed by atoms with Crippen LogP contribution in [0.3, 0.4) is 0 Å². The van der Waals surface area contributed by atoms with Crippen LogP contribution in [-0.4, -0.2) is 6.29 Å². The summed E-state index contributed by atoms with van der Waals surface area (Å²) in [6, 6.07) is 5.70. The molecule has 0 aliphatic rings. The van der Waals surface area contributed by atoms with E-state index in [1.807, 2.05) is 12.1 Å². The van der Waals surface area contributed by atoms with Gasteiger partial charge in [0.2, 0.25) is 0 Å². The zero-order valence-corrected chi connectivity index (χ0v) is 8.73. The molecule has 14 heavy (non-hydrogen) atoms. The van der Waals surface area contributed by atoms with Crippen LogP contribution < -0.4 is 5.73 Å². The van der Waals surface area contributed by atoms with Crippen molar-refractivity contribution in [1.29, 1.82) is 0 Å². The highest BCUT2D eigenvalue weighted by Gasteiger charge is 2.10. The van der Waals surface area contributed by atoms with Crippen molar-refractivity contribution in [3.05, 3.63) is 28.6 Å². The SMILES string of the molecule is CCc1sc2cccc(C=O)c2c1N. The summed E-state index contributed by atoms with van der Waals surface area (Å²) in [6.07, 6.45) is 1.79. The second-order valence-electron chi connectivity index (χ2n) is 3.13. The van der Waals surface area contributed by atoms with E-state index in [1.54, 1.807) is 17.4 Å². The van der Waals surface area contributed by atoms with E-state index in [0.717, 1.165) is 33.4 Å². The lowest BCUT2D eigenvalue weighted by atomic mass is 10.1. The van der Waals surface area contributed by atoms with Gasteiger partial charge in [0.25, 0.3) is 0 Å². The molecule has 3 heteroatoms. The van der Waals surface area contributed by atoms with Crippen LogP contribution in [0.4, 0.5) is 5.69 Å². The molecule has 0 amide bonds. The lowest BCUT2D eigenvalue weighted by Gasteiger charge is -1.96. The van der Waals surface area contributed by atoms with Gasteiger partial charge in [0.05, 0.1) is 5.69 Å². The maximum Gasteiger partial charge on any atom is 0.150 e. The number of carbonyl (C=O) groups excluding carboxylic acids is 1. The van der Waals surface area contributed by atoms with E-state index in [4.69, 9.17) is 5.73 Å². The normalized spacial score (nSPS) is 10.6. The first-order valence-corrected chi connectivity index (χ1v) is 5.34. The molecule has 0 unspecified atom stereocenters. The molecule has 0 fully saturated rings. The molecular formula is C11H11NOS. The topological polar surface area (TPSA) is 43.1 Å². The highest BCUT2D eigenvalue weighted by Crippen LogP contribution is 2.35. The number of aldehydes is 1. The predicted molar refractivity (Wildman–Crippen MR) is 61.0 cm³/mol. The smallest absolute Gasteiger partial charge is 0.150 e. The predicted octanol–water partition coefficient (Wildman–Crippen LogP) is 2.86. The molecule has 1 aromatic heterocycles. The number of rotatable bonds is 2. The molecule has 0 bridgehead atoms. The number of carbonyl (C=O) groups is 1. The average molecular weight is 205 g/mol. The molecule has 0 saturated heterocycles. The molecule has 1 heterocycles. The zero-order valence-electron chi connectivity index (χ0n) is 7.91. The van der Waals surface area contributed by atoms with E-state index in [2.05, 4.69) is 6.92 Å². The molecule has 2 rings (SSSR count). The summed E-state index contributed by atoms with van der Waals surface area (Å²) >= 11 is 1.67. The van der Waals surface area contributed by atoms with Crippen molar-refractivity contribution in [1.82, 2.24) is 0 Å². The van der Waals surface area contributed by atoms with Gasteiger partial charge in [-0.3, -0.25) is 4.79 Å². The Morgan fingerprint density at radius 3 is 2.93 bits per heavy atom. The fraction of sp³-hybridized carbons (Fsp3) is 0.182. The summed E-state index contributed by atoms with van der Waals surface area (Å²) in [7, 11) is 0. The van der Waals surface area contributed by atoms with Crippen molar-refractivity contribution in [3.8, 4) is 0 Å². The van der Waals surface area contributed by atoms with Gasteiger partial charge in [0.1, 0.15) is 0 Å². The van der Waals surface area contributed by atoms with E-state index < -0.39 is 0 Å².